The number of carbonyl (C=O) groups excluding carboxylic acids is 1. The number of nitrogens with one attached hydrogen (secondary N) is 1. The van der Waals surface area contributed by atoms with Crippen LogP contribution in [0.4, 0.5) is 0 Å². The molecule has 0 aliphatic heterocycles. The lowest BCUT2D eigenvalue weighted by Crippen LogP contribution is -2.35. The molecule has 2 aromatic rings. The van der Waals surface area contributed by atoms with Crippen molar-refractivity contribution in [3.63, 3.8) is 0 Å². The maximum atomic E-state index is 12.7. The average molecular weight is 357 g/mol. The maximum Gasteiger partial charge on any atom is 0.274 e. The van der Waals surface area contributed by atoms with Crippen molar-refractivity contribution in [3.05, 3.63) is 40.3 Å². The Labute approximate surface area is 153 Å². The van der Waals surface area contributed by atoms with E-state index in [4.69, 9.17) is 4.74 Å². The van der Waals surface area contributed by atoms with E-state index in [2.05, 4.69) is 10.4 Å². The van der Waals surface area contributed by atoms with E-state index in [1.165, 1.54) is 4.68 Å². The van der Waals surface area contributed by atoms with Gasteiger partial charge in [-0.2, -0.15) is 5.10 Å². The molecule has 1 aliphatic carbocycles. The summed E-state index contributed by atoms with van der Waals surface area (Å²) in [6.45, 7) is 7.16. The Balaban J connectivity index is 1.70. The highest BCUT2D eigenvalue weighted by Crippen LogP contribution is 2.32. The number of rotatable bonds is 7. The number of ether oxygens (including phenoxy) is 1. The number of nitrogens with zero attached hydrogens (tertiary/aromatic N) is 2. The van der Waals surface area contributed by atoms with E-state index in [0.29, 0.717) is 35.0 Å². The first-order chi connectivity index (χ1) is 12.5. The summed E-state index contributed by atoms with van der Waals surface area (Å²) in [5.74, 6) is 0.387. The lowest BCUT2D eigenvalue weighted by atomic mass is 9.80. The number of amides is 1. The Morgan fingerprint density at radius 1 is 1.31 bits per heavy atom. The molecule has 0 radical (unpaired) electrons. The number of hydrogen-bond donors (Lipinski definition) is 1. The molecule has 1 N–H and O–H groups in total. The van der Waals surface area contributed by atoms with Crippen LogP contribution >= 0.6 is 0 Å². The summed E-state index contributed by atoms with van der Waals surface area (Å²) in [4.78, 5) is 25.2. The van der Waals surface area contributed by atoms with Gasteiger partial charge in [-0.15, -0.1) is 0 Å². The lowest BCUT2D eigenvalue weighted by Gasteiger charge is -2.34. The van der Waals surface area contributed by atoms with Crippen molar-refractivity contribution < 1.29 is 9.53 Å². The number of fused-ring (bicyclic) bond motifs is 1. The molecule has 26 heavy (non-hydrogen) atoms. The standard InChI is InChI=1S/C20H27N3O3/c1-4-26-15-11-14(12-15)9-10-21-19(24)18-16-7-5-6-8-17(16)20(25)23(22-18)13(2)3/h5-8,13-15H,4,9-12H2,1-3H3,(H,21,24). The van der Waals surface area contributed by atoms with Gasteiger partial charge in [0.2, 0.25) is 0 Å². The molecule has 1 heterocycles. The van der Waals surface area contributed by atoms with Crippen molar-refractivity contribution in [2.24, 2.45) is 5.92 Å². The van der Waals surface area contributed by atoms with Gasteiger partial charge in [-0.3, -0.25) is 9.59 Å². The van der Waals surface area contributed by atoms with Crippen molar-refractivity contribution in [2.75, 3.05) is 13.2 Å². The first-order valence-corrected chi connectivity index (χ1v) is 9.42. The third-order valence-electron chi connectivity index (χ3n) is 4.97. The summed E-state index contributed by atoms with van der Waals surface area (Å²) in [5.41, 5.74) is 0.151. The van der Waals surface area contributed by atoms with Crippen LogP contribution in [0.25, 0.3) is 10.8 Å². The SMILES string of the molecule is CCOC1CC(CCNC(=O)c2nn(C(C)C)c(=O)c3ccccc23)C1. The molecular weight excluding hydrogens is 330 g/mol. The van der Waals surface area contributed by atoms with E-state index in [1.54, 1.807) is 12.1 Å². The average Bonchev–Trinajstić information content (AvgIpc) is 2.59. The molecular formula is C20H27N3O3. The fourth-order valence-corrected chi connectivity index (χ4v) is 3.48. The third kappa shape index (κ3) is 3.80. The van der Waals surface area contributed by atoms with Crippen molar-refractivity contribution in [1.29, 1.82) is 0 Å². The second-order valence-corrected chi connectivity index (χ2v) is 7.20. The van der Waals surface area contributed by atoms with E-state index in [0.717, 1.165) is 25.9 Å². The van der Waals surface area contributed by atoms with Crippen LogP contribution in [-0.4, -0.2) is 34.9 Å². The molecule has 3 rings (SSSR count). The van der Waals surface area contributed by atoms with Gasteiger partial charge in [0, 0.05) is 18.5 Å². The molecule has 6 nitrogen and oxygen atoms in total. The third-order valence-corrected chi connectivity index (χ3v) is 4.97. The molecule has 0 atom stereocenters. The Morgan fingerprint density at radius 2 is 2.00 bits per heavy atom. The molecule has 1 aliphatic rings. The Kier molecular flexibility index (Phi) is 5.71. The van der Waals surface area contributed by atoms with Gasteiger partial charge in [-0.1, -0.05) is 18.2 Å². The van der Waals surface area contributed by atoms with Crippen LogP contribution < -0.4 is 10.9 Å². The Hall–Kier alpha value is -2.21. The molecule has 0 spiro atoms. The molecule has 6 heteroatoms. The molecule has 1 aromatic carbocycles. The lowest BCUT2D eigenvalue weighted by molar-refractivity contribution is -0.0261. The van der Waals surface area contributed by atoms with Crippen LogP contribution in [0.1, 0.15) is 56.6 Å². The zero-order valence-electron chi connectivity index (χ0n) is 15.7. The van der Waals surface area contributed by atoms with Crippen molar-refractivity contribution in [1.82, 2.24) is 15.1 Å². The summed E-state index contributed by atoms with van der Waals surface area (Å²) in [7, 11) is 0. The van der Waals surface area contributed by atoms with Crippen LogP contribution in [0.15, 0.2) is 29.1 Å². The predicted octanol–water partition coefficient (Wildman–Crippen LogP) is 2.91. The van der Waals surface area contributed by atoms with Crippen molar-refractivity contribution in [3.8, 4) is 0 Å². The maximum absolute atomic E-state index is 12.7. The smallest absolute Gasteiger partial charge is 0.274 e. The topological polar surface area (TPSA) is 73.2 Å². The van der Waals surface area contributed by atoms with Crippen LogP contribution in [-0.2, 0) is 4.74 Å². The number of hydrogen-bond acceptors (Lipinski definition) is 4. The van der Waals surface area contributed by atoms with E-state index >= 15 is 0 Å². The molecule has 0 bridgehead atoms. The molecule has 1 saturated carbocycles. The van der Waals surface area contributed by atoms with E-state index in [9.17, 15) is 9.59 Å². The van der Waals surface area contributed by atoms with E-state index in [-0.39, 0.29) is 17.5 Å². The van der Waals surface area contributed by atoms with Gasteiger partial charge < -0.3 is 10.1 Å². The van der Waals surface area contributed by atoms with Gasteiger partial charge in [-0.25, -0.2) is 4.68 Å². The van der Waals surface area contributed by atoms with Crippen LogP contribution in [0, 0.1) is 5.92 Å². The molecule has 1 aromatic heterocycles. The molecule has 140 valence electrons. The minimum atomic E-state index is -0.226. The minimum absolute atomic E-state index is 0.107. The van der Waals surface area contributed by atoms with Crippen LogP contribution in [0.2, 0.25) is 0 Å². The second kappa shape index (κ2) is 7.99. The van der Waals surface area contributed by atoms with Crippen molar-refractivity contribution >= 4 is 16.7 Å². The largest absolute Gasteiger partial charge is 0.378 e. The first kappa shape index (κ1) is 18.6. The molecule has 1 amide bonds. The highest BCUT2D eigenvalue weighted by atomic mass is 16.5. The highest BCUT2D eigenvalue weighted by Gasteiger charge is 2.29. The summed E-state index contributed by atoms with van der Waals surface area (Å²) < 4.78 is 6.95. The zero-order chi connectivity index (χ0) is 18.7. The van der Waals surface area contributed by atoms with Gasteiger partial charge in [-0.05, 0) is 52.0 Å². The summed E-state index contributed by atoms with van der Waals surface area (Å²) in [6.07, 6.45) is 3.48. The van der Waals surface area contributed by atoms with Gasteiger partial charge in [0.05, 0.1) is 17.5 Å². The Bertz CT molecular complexity index is 838. The molecule has 0 saturated heterocycles. The highest BCUT2D eigenvalue weighted by molar-refractivity contribution is 6.04. The van der Waals surface area contributed by atoms with E-state index in [1.807, 2.05) is 32.9 Å². The van der Waals surface area contributed by atoms with E-state index < -0.39 is 0 Å². The fourth-order valence-electron chi connectivity index (χ4n) is 3.48. The van der Waals surface area contributed by atoms with Gasteiger partial charge >= 0.3 is 0 Å². The van der Waals surface area contributed by atoms with Gasteiger partial charge in [0.15, 0.2) is 5.69 Å². The fraction of sp³-hybridized carbons (Fsp3) is 0.550. The van der Waals surface area contributed by atoms with Crippen molar-refractivity contribution in [2.45, 2.75) is 52.2 Å². The predicted molar refractivity (Wildman–Crippen MR) is 101 cm³/mol. The van der Waals surface area contributed by atoms with Crippen LogP contribution in [0.3, 0.4) is 0 Å². The number of carbonyl (C=O) groups is 1. The monoisotopic (exact) mass is 357 g/mol. The normalized spacial score (nSPS) is 19.5. The number of benzene rings is 1. The summed E-state index contributed by atoms with van der Waals surface area (Å²) in [6, 6.07) is 7.05. The molecule has 0 unspecified atom stereocenters. The van der Waals surface area contributed by atoms with Crippen LogP contribution in [0.5, 0.6) is 0 Å². The van der Waals surface area contributed by atoms with Gasteiger partial charge in [0.1, 0.15) is 0 Å². The Morgan fingerprint density at radius 3 is 2.65 bits per heavy atom. The quantitative estimate of drug-likeness (QED) is 0.827. The van der Waals surface area contributed by atoms with Gasteiger partial charge in [0.25, 0.3) is 11.5 Å². The summed E-state index contributed by atoms with van der Waals surface area (Å²) in [5, 5.41) is 8.44. The number of aromatic nitrogens is 2. The first-order valence-electron chi connectivity index (χ1n) is 9.42. The summed E-state index contributed by atoms with van der Waals surface area (Å²) >= 11 is 0. The second-order valence-electron chi connectivity index (χ2n) is 7.20. The minimum Gasteiger partial charge on any atom is -0.378 e. The molecule has 1 fully saturated rings. The zero-order valence-corrected chi connectivity index (χ0v) is 15.7.